The molecule has 9 heteroatoms. The fourth-order valence-electron chi connectivity index (χ4n) is 4.20. The van der Waals surface area contributed by atoms with E-state index < -0.39 is 16.0 Å². The van der Waals surface area contributed by atoms with E-state index in [4.69, 9.17) is 4.55 Å². The molecule has 0 saturated heterocycles. The number of amides is 1. The Morgan fingerprint density at radius 1 is 0.944 bits per heavy atom. The van der Waals surface area contributed by atoms with Crippen LogP contribution in [0.3, 0.4) is 0 Å². The van der Waals surface area contributed by atoms with Gasteiger partial charge in [-0.3, -0.25) is 9.35 Å². The Hall–Kier alpha value is -4.34. The second kappa shape index (κ2) is 9.37. The molecule has 0 heterocycles. The summed E-state index contributed by atoms with van der Waals surface area (Å²) in [6.07, 6.45) is 4.65. The Kier molecular flexibility index (Phi) is 6.09. The Morgan fingerprint density at radius 2 is 1.67 bits per heavy atom. The zero-order chi connectivity index (χ0) is 25.3. The van der Waals surface area contributed by atoms with Crippen molar-refractivity contribution in [3.8, 4) is 5.75 Å². The quantitative estimate of drug-likeness (QED) is 0.226. The summed E-state index contributed by atoms with van der Waals surface area (Å²) in [6, 6.07) is 21.5. The molecule has 180 valence electrons. The van der Waals surface area contributed by atoms with Gasteiger partial charge in [0.2, 0.25) is 0 Å². The molecule has 0 aliphatic heterocycles. The smallest absolute Gasteiger partial charge is 0.294 e. The van der Waals surface area contributed by atoms with Gasteiger partial charge in [-0.1, -0.05) is 60.7 Å². The molecule has 0 spiro atoms. The molecule has 1 amide bonds. The average molecular weight is 500 g/mol. The number of aromatic hydroxyl groups is 1. The van der Waals surface area contributed by atoms with Crippen LogP contribution in [-0.2, 0) is 10.1 Å². The van der Waals surface area contributed by atoms with E-state index in [1.54, 1.807) is 18.2 Å². The van der Waals surface area contributed by atoms with Gasteiger partial charge in [-0.25, -0.2) is 0 Å². The first-order chi connectivity index (χ1) is 17.3. The second-order valence-electron chi connectivity index (χ2n) is 8.30. The number of hydrogen-bond acceptors (Lipinski definition) is 6. The second-order valence-corrected chi connectivity index (χ2v) is 9.73. The van der Waals surface area contributed by atoms with E-state index in [2.05, 4.69) is 15.5 Å². The molecule has 0 radical (unpaired) electrons. The number of benzene rings is 4. The molecule has 3 N–H and O–H groups in total. The van der Waals surface area contributed by atoms with Crippen LogP contribution in [0, 0.1) is 0 Å². The summed E-state index contributed by atoms with van der Waals surface area (Å²) in [4.78, 5) is 13.0. The number of azo groups is 1. The molecule has 0 saturated carbocycles. The van der Waals surface area contributed by atoms with Crippen molar-refractivity contribution in [2.45, 2.75) is 17.4 Å². The van der Waals surface area contributed by atoms with Gasteiger partial charge in [0.15, 0.2) is 5.75 Å². The lowest BCUT2D eigenvalue weighted by atomic mass is 9.92. The van der Waals surface area contributed by atoms with Gasteiger partial charge in [0, 0.05) is 5.39 Å². The van der Waals surface area contributed by atoms with Crippen LogP contribution in [0.5, 0.6) is 5.75 Å². The van der Waals surface area contributed by atoms with E-state index in [0.717, 1.165) is 11.1 Å². The van der Waals surface area contributed by atoms with Gasteiger partial charge in [0.05, 0.1) is 22.2 Å². The highest BCUT2D eigenvalue weighted by Gasteiger charge is 2.23. The number of nitrogens with one attached hydrogen (secondary N) is 1. The first-order valence-electron chi connectivity index (χ1n) is 11.1. The topological polar surface area (TPSA) is 128 Å². The van der Waals surface area contributed by atoms with Gasteiger partial charge in [-0.2, -0.15) is 13.5 Å². The Balaban J connectivity index is 1.50. The number of carbonyl (C=O) groups is 1. The zero-order valence-electron chi connectivity index (χ0n) is 18.9. The molecule has 4 aromatic rings. The molecule has 1 aliphatic carbocycles. The molecule has 5 rings (SSSR count). The van der Waals surface area contributed by atoms with Gasteiger partial charge < -0.3 is 10.4 Å². The average Bonchev–Trinajstić information content (AvgIpc) is 2.88. The third kappa shape index (κ3) is 4.61. The van der Waals surface area contributed by atoms with E-state index in [0.29, 0.717) is 22.9 Å². The number of phenolic OH excluding ortho intramolecular Hbond substituents is 1. The van der Waals surface area contributed by atoms with Crippen LogP contribution < -0.4 is 5.32 Å². The highest BCUT2D eigenvalue weighted by atomic mass is 32.2. The number of carbonyl (C=O) groups excluding carboxylic acids is 1. The standard InChI is InChI=1S/C27H21N3O5S/c31-26-23(27(32)28-24-11-5-8-17-6-1-3-9-21(17)24)16-18-7-2-4-10-22(18)25(26)30-29-19-12-14-20(15-13-19)36(33,34)35/h1-10,12-16,24,31H,11H2,(H,28,32)(H,33,34,35). The minimum absolute atomic E-state index is 0.0661. The van der Waals surface area contributed by atoms with Crippen molar-refractivity contribution in [3.05, 3.63) is 102 Å². The van der Waals surface area contributed by atoms with E-state index in [9.17, 15) is 18.3 Å². The van der Waals surface area contributed by atoms with Gasteiger partial charge in [-0.05, 0) is 53.3 Å². The van der Waals surface area contributed by atoms with Gasteiger partial charge in [0.1, 0.15) is 5.69 Å². The number of nitrogens with zero attached hydrogens (tertiary/aromatic N) is 2. The number of fused-ring (bicyclic) bond motifs is 2. The van der Waals surface area contributed by atoms with Crippen LogP contribution in [0.25, 0.3) is 16.8 Å². The third-order valence-corrected chi connectivity index (χ3v) is 6.85. The van der Waals surface area contributed by atoms with Crippen molar-refractivity contribution < 1.29 is 22.9 Å². The van der Waals surface area contributed by atoms with Crippen LogP contribution in [0.1, 0.15) is 33.9 Å². The van der Waals surface area contributed by atoms with Crippen LogP contribution >= 0.6 is 0 Å². The van der Waals surface area contributed by atoms with Crippen molar-refractivity contribution in [3.63, 3.8) is 0 Å². The lowest BCUT2D eigenvalue weighted by Gasteiger charge is -2.23. The summed E-state index contributed by atoms with van der Waals surface area (Å²) in [6.45, 7) is 0. The summed E-state index contributed by atoms with van der Waals surface area (Å²) < 4.78 is 31.6. The van der Waals surface area contributed by atoms with E-state index >= 15 is 0 Å². The molecule has 8 nitrogen and oxygen atoms in total. The van der Waals surface area contributed by atoms with E-state index in [1.807, 2.05) is 48.6 Å². The first-order valence-corrected chi connectivity index (χ1v) is 12.6. The molecular weight excluding hydrogens is 478 g/mol. The van der Waals surface area contributed by atoms with Crippen LogP contribution in [0.4, 0.5) is 11.4 Å². The third-order valence-electron chi connectivity index (χ3n) is 5.99. The van der Waals surface area contributed by atoms with E-state index in [1.165, 1.54) is 24.3 Å². The molecule has 36 heavy (non-hydrogen) atoms. The lowest BCUT2D eigenvalue weighted by molar-refractivity contribution is 0.0934. The maximum absolute atomic E-state index is 13.3. The van der Waals surface area contributed by atoms with Crippen LogP contribution in [-0.4, -0.2) is 24.0 Å². The molecule has 1 aliphatic rings. The largest absolute Gasteiger partial charge is 0.505 e. The predicted molar refractivity (Wildman–Crippen MR) is 136 cm³/mol. The van der Waals surface area contributed by atoms with Crippen molar-refractivity contribution in [1.82, 2.24) is 5.32 Å². The summed E-state index contributed by atoms with van der Waals surface area (Å²) in [5.74, 6) is -0.758. The number of rotatable bonds is 5. The van der Waals surface area contributed by atoms with Gasteiger partial charge in [0.25, 0.3) is 16.0 Å². The Labute approximate surface area is 207 Å². The normalized spacial score (nSPS) is 15.2. The molecule has 4 aromatic carbocycles. The molecule has 1 atom stereocenters. The first kappa shape index (κ1) is 23.4. The van der Waals surface area contributed by atoms with Crippen molar-refractivity contribution in [2.75, 3.05) is 0 Å². The summed E-state index contributed by atoms with van der Waals surface area (Å²) >= 11 is 0. The van der Waals surface area contributed by atoms with Crippen molar-refractivity contribution >= 4 is 44.2 Å². The molecule has 1 unspecified atom stereocenters. The zero-order valence-corrected chi connectivity index (χ0v) is 19.7. The molecule has 0 fully saturated rings. The predicted octanol–water partition coefficient (Wildman–Crippen LogP) is 6.10. The van der Waals surface area contributed by atoms with Crippen molar-refractivity contribution in [2.24, 2.45) is 10.2 Å². The highest BCUT2D eigenvalue weighted by Crippen LogP contribution is 2.40. The van der Waals surface area contributed by atoms with Gasteiger partial charge >= 0.3 is 0 Å². The minimum Gasteiger partial charge on any atom is -0.505 e. The van der Waals surface area contributed by atoms with Crippen LogP contribution in [0.2, 0.25) is 0 Å². The Bertz CT molecular complexity index is 1640. The fourth-order valence-corrected chi connectivity index (χ4v) is 4.68. The summed E-state index contributed by atoms with van der Waals surface area (Å²) in [7, 11) is -4.33. The summed E-state index contributed by atoms with van der Waals surface area (Å²) in [5, 5.41) is 23.7. The summed E-state index contributed by atoms with van der Waals surface area (Å²) in [5.41, 5.74) is 2.51. The molecular formula is C27H21N3O5S. The SMILES string of the molecule is O=C(NC1CC=Cc2ccccc21)c1cc2ccccc2c(N=Nc2ccc(S(=O)(=O)O)cc2)c1O. The van der Waals surface area contributed by atoms with Crippen LogP contribution in [0.15, 0.2) is 100 Å². The fraction of sp³-hybridized carbons (Fsp3) is 0.0741. The monoisotopic (exact) mass is 499 g/mol. The van der Waals surface area contributed by atoms with E-state index in [-0.39, 0.29) is 27.9 Å². The highest BCUT2D eigenvalue weighted by molar-refractivity contribution is 7.85. The maximum Gasteiger partial charge on any atom is 0.294 e. The number of phenols is 1. The Morgan fingerprint density at radius 3 is 2.44 bits per heavy atom. The number of hydrogen-bond donors (Lipinski definition) is 3. The molecule has 0 bridgehead atoms. The van der Waals surface area contributed by atoms with Gasteiger partial charge in [-0.15, -0.1) is 5.11 Å². The van der Waals surface area contributed by atoms with Crippen molar-refractivity contribution in [1.29, 1.82) is 0 Å². The molecule has 0 aromatic heterocycles. The minimum atomic E-state index is -4.33. The lowest BCUT2D eigenvalue weighted by Crippen LogP contribution is -2.29. The maximum atomic E-state index is 13.3.